The van der Waals surface area contributed by atoms with Crippen LogP contribution in [0.4, 0.5) is 11.4 Å². The standard InChI is InChI=1S/C29H30ClN5OS/c1-20-11-15-33(16-12-20)25-10-9-21(18-23(25)30)35-28(27(32-29(35)37)24-7-2-3-13-31-24)26-8-4-14-34(26)19-22-6-5-17-36-22/h2-10,13-14,17-18,20,27-28H,11-12,15-16,19H2,1H3,(H,32,37)/t27-,28+/m0/s1. The van der Waals surface area contributed by atoms with Gasteiger partial charge in [0.25, 0.3) is 0 Å². The second-order valence-electron chi connectivity index (χ2n) is 9.94. The van der Waals surface area contributed by atoms with E-state index in [2.05, 4.69) is 68.1 Å². The molecule has 1 N–H and O–H groups in total. The van der Waals surface area contributed by atoms with Crippen molar-refractivity contribution in [3.05, 3.63) is 101 Å². The van der Waals surface area contributed by atoms with Crippen LogP contribution >= 0.6 is 23.8 Å². The zero-order chi connectivity index (χ0) is 25.4. The molecule has 0 bridgehead atoms. The van der Waals surface area contributed by atoms with Gasteiger partial charge in [0.2, 0.25) is 0 Å². The number of benzene rings is 1. The van der Waals surface area contributed by atoms with Crippen LogP contribution in [0.25, 0.3) is 0 Å². The molecule has 0 spiro atoms. The van der Waals surface area contributed by atoms with Crippen molar-refractivity contribution < 1.29 is 4.42 Å². The van der Waals surface area contributed by atoms with Crippen LogP contribution < -0.4 is 15.1 Å². The number of nitrogens with zero attached hydrogens (tertiary/aromatic N) is 4. The molecule has 37 heavy (non-hydrogen) atoms. The Morgan fingerprint density at radius 1 is 1.08 bits per heavy atom. The maximum absolute atomic E-state index is 6.92. The Hall–Kier alpha value is -3.29. The lowest BCUT2D eigenvalue weighted by atomic mass is 9.98. The van der Waals surface area contributed by atoms with Gasteiger partial charge >= 0.3 is 0 Å². The minimum atomic E-state index is -0.124. The first-order chi connectivity index (χ1) is 18.1. The summed E-state index contributed by atoms with van der Waals surface area (Å²) in [7, 11) is 0. The smallest absolute Gasteiger partial charge is 0.174 e. The van der Waals surface area contributed by atoms with Crippen LogP contribution in [0.2, 0.25) is 5.02 Å². The van der Waals surface area contributed by atoms with Crippen LogP contribution in [-0.4, -0.2) is 27.8 Å². The predicted octanol–water partition coefficient (Wildman–Crippen LogP) is 6.59. The van der Waals surface area contributed by atoms with E-state index in [0.717, 1.165) is 52.6 Å². The summed E-state index contributed by atoms with van der Waals surface area (Å²) in [5, 5.41) is 4.96. The van der Waals surface area contributed by atoms with E-state index < -0.39 is 0 Å². The highest BCUT2D eigenvalue weighted by atomic mass is 35.5. The van der Waals surface area contributed by atoms with Crippen molar-refractivity contribution in [1.82, 2.24) is 14.9 Å². The third kappa shape index (κ3) is 4.74. The largest absolute Gasteiger partial charge is 0.467 e. The van der Waals surface area contributed by atoms with Gasteiger partial charge in [-0.1, -0.05) is 24.6 Å². The molecule has 0 radical (unpaired) electrons. The number of pyridine rings is 1. The molecule has 2 aliphatic heterocycles. The molecule has 2 fully saturated rings. The van der Waals surface area contributed by atoms with Gasteiger partial charge in [0.15, 0.2) is 5.11 Å². The van der Waals surface area contributed by atoms with Gasteiger partial charge in [-0.2, -0.15) is 0 Å². The fraction of sp³-hybridized carbons (Fsp3) is 0.310. The summed E-state index contributed by atoms with van der Waals surface area (Å²) in [6, 6.07) is 20.2. The minimum Gasteiger partial charge on any atom is -0.467 e. The number of rotatable bonds is 6. The SMILES string of the molecule is CC1CCN(c2ccc(N3C(=S)N[C@@H](c4ccccn4)[C@H]3c3cccn3Cc3ccco3)cc2Cl)CC1. The van der Waals surface area contributed by atoms with E-state index in [1.165, 1.54) is 12.8 Å². The molecule has 1 aromatic carbocycles. The van der Waals surface area contributed by atoms with Gasteiger partial charge in [-0.25, -0.2) is 0 Å². The van der Waals surface area contributed by atoms with Gasteiger partial charge in [0.05, 0.1) is 35.3 Å². The summed E-state index contributed by atoms with van der Waals surface area (Å²) in [4.78, 5) is 9.25. The number of nitrogens with one attached hydrogen (secondary N) is 1. The van der Waals surface area contributed by atoms with Crippen LogP contribution in [0.15, 0.2) is 83.7 Å². The summed E-state index contributed by atoms with van der Waals surface area (Å²) < 4.78 is 7.87. The minimum absolute atomic E-state index is 0.120. The van der Waals surface area contributed by atoms with E-state index in [0.29, 0.717) is 11.7 Å². The molecule has 2 atom stereocenters. The molecule has 2 saturated heterocycles. The van der Waals surface area contributed by atoms with Gasteiger partial charge in [0, 0.05) is 36.9 Å². The highest BCUT2D eigenvalue weighted by molar-refractivity contribution is 7.80. The maximum Gasteiger partial charge on any atom is 0.174 e. The van der Waals surface area contributed by atoms with Crippen molar-refractivity contribution in [2.24, 2.45) is 5.92 Å². The van der Waals surface area contributed by atoms with E-state index in [9.17, 15) is 0 Å². The number of halogens is 1. The number of hydrogen-bond donors (Lipinski definition) is 1. The first kappa shape index (κ1) is 24.1. The zero-order valence-electron chi connectivity index (χ0n) is 20.8. The summed E-state index contributed by atoms with van der Waals surface area (Å²) in [6.45, 7) is 5.03. The van der Waals surface area contributed by atoms with Gasteiger partial charge < -0.3 is 24.1 Å². The molecule has 6 rings (SSSR count). The van der Waals surface area contributed by atoms with Crippen molar-refractivity contribution >= 4 is 40.3 Å². The van der Waals surface area contributed by atoms with Crippen molar-refractivity contribution in [1.29, 1.82) is 0 Å². The molecular weight excluding hydrogens is 502 g/mol. The number of anilines is 2. The fourth-order valence-electron chi connectivity index (χ4n) is 5.50. The van der Waals surface area contributed by atoms with E-state index in [1.54, 1.807) is 6.26 Å². The fourth-order valence-corrected chi connectivity index (χ4v) is 6.14. The van der Waals surface area contributed by atoms with Crippen molar-refractivity contribution in [3.63, 3.8) is 0 Å². The lowest BCUT2D eigenvalue weighted by Gasteiger charge is -2.33. The third-order valence-electron chi connectivity index (χ3n) is 7.51. The molecule has 2 aliphatic rings. The highest BCUT2D eigenvalue weighted by Gasteiger charge is 2.42. The average Bonchev–Trinajstić information content (AvgIpc) is 3.66. The Morgan fingerprint density at radius 2 is 1.95 bits per heavy atom. The monoisotopic (exact) mass is 531 g/mol. The number of hydrogen-bond acceptors (Lipinski definition) is 4. The molecule has 0 aliphatic carbocycles. The molecule has 3 aromatic heterocycles. The lowest BCUT2D eigenvalue weighted by Crippen LogP contribution is -2.33. The Bertz CT molecular complexity index is 1360. The summed E-state index contributed by atoms with van der Waals surface area (Å²) >= 11 is 12.8. The zero-order valence-corrected chi connectivity index (χ0v) is 22.3. The van der Waals surface area contributed by atoms with Gasteiger partial charge in [0.1, 0.15) is 11.8 Å². The third-order valence-corrected chi connectivity index (χ3v) is 8.12. The van der Waals surface area contributed by atoms with Crippen LogP contribution in [0.5, 0.6) is 0 Å². The molecule has 0 unspecified atom stereocenters. The molecule has 6 nitrogen and oxygen atoms in total. The predicted molar refractivity (Wildman–Crippen MR) is 152 cm³/mol. The molecule has 0 amide bonds. The molecule has 0 saturated carbocycles. The molecular formula is C29H30ClN5OS. The maximum atomic E-state index is 6.92. The van der Waals surface area contributed by atoms with Crippen molar-refractivity contribution in [2.45, 2.75) is 38.4 Å². The number of aromatic nitrogens is 2. The summed E-state index contributed by atoms with van der Waals surface area (Å²) in [5.74, 6) is 1.67. The highest BCUT2D eigenvalue weighted by Crippen LogP contribution is 2.43. The summed E-state index contributed by atoms with van der Waals surface area (Å²) in [5.41, 5.74) is 4.11. The first-order valence-electron chi connectivity index (χ1n) is 12.8. The van der Waals surface area contributed by atoms with Crippen molar-refractivity contribution in [2.75, 3.05) is 22.9 Å². The van der Waals surface area contributed by atoms with Crippen LogP contribution in [0.1, 0.15) is 49.0 Å². The molecule has 8 heteroatoms. The average molecular weight is 532 g/mol. The molecule has 5 heterocycles. The van der Waals surface area contributed by atoms with Gasteiger partial charge in [-0.05, 0) is 85.6 Å². The Kier molecular flexibility index (Phi) is 6.65. The van der Waals surface area contributed by atoms with Crippen molar-refractivity contribution in [3.8, 4) is 0 Å². The second-order valence-corrected chi connectivity index (χ2v) is 10.7. The van der Waals surface area contributed by atoms with Gasteiger partial charge in [-0.15, -0.1) is 0 Å². The number of piperidine rings is 1. The van der Waals surface area contributed by atoms with E-state index in [1.807, 2.05) is 36.5 Å². The lowest BCUT2D eigenvalue weighted by molar-refractivity contribution is 0.438. The topological polar surface area (TPSA) is 49.5 Å². The Morgan fingerprint density at radius 3 is 2.68 bits per heavy atom. The van der Waals surface area contributed by atoms with Gasteiger partial charge in [-0.3, -0.25) is 4.98 Å². The number of furan rings is 1. The first-order valence-corrected chi connectivity index (χ1v) is 13.6. The number of thiocarbonyl (C=S) groups is 1. The van der Waals surface area contributed by atoms with E-state index >= 15 is 0 Å². The van der Waals surface area contributed by atoms with E-state index in [4.69, 9.17) is 28.2 Å². The normalized spacial score (nSPS) is 20.4. The van der Waals surface area contributed by atoms with Crippen LogP contribution in [0, 0.1) is 5.92 Å². The second kappa shape index (κ2) is 10.2. The Balaban J connectivity index is 1.38. The van der Waals surface area contributed by atoms with Crippen LogP contribution in [0.3, 0.4) is 0 Å². The molecule has 190 valence electrons. The Labute approximate surface area is 227 Å². The van der Waals surface area contributed by atoms with E-state index in [-0.39, 0.29) is 12.1 Å². The summed E-state index contributed by atoms with van der Waals surface area (Å²) in [6.07, 6.45) is 8.00. The van der Waals surface area contributed by atoms with Crippen LogP contribution in [-0.2, 0) is 6.54 Å². The quantitative estimate of drug-likeness (QED) is 0.283. The molecule has 4 aromatic rings.